The van der Waals surface area contributed by atoms with Crippen molar-refractivity contribution in [2.75, 3.05) is 0 Å². The molecular formula is C30H41BN2O5. The summed E-state index contributed by atoms with van der Waals surface area (Å²) in [4.78, 5) is 39.3. The standard InChI is InChI=1S/C30H41BN2O5/c1-11-25(28(4,5)6)33(27(36)23-15-19(2)14-20(3)16-23)32-26(35)21-12-13-22(18-34)24(17-21)31-37-29(7,8)30(9,10)38-31/h12-18,25H,11H2,1-10H3,(H,32,35). The monoisotopic (exact) mass is 520 g/mol. The van der Waals surface area contributed by atoms with Crippen molar-refractivity contribution in [1.82, 2.24) is 10.4 Å². The van der Waals surface area contributed by atoms with E-state index in [-0.39, 0.29) is 17.4 Å². The van der Waals surface area contributed by atoms with Gasteiger partial charge in [-0.3, -0.25) is 19.8 Å². The predicted octanol–water partition coefficient (Wildman–Crippen LogP) is 5.03. The molecule has 1 aliphatic heterocycles. The van der Waals surface area contributed by atoms with Crippen LogP contribution in [0.5, 0.6) is 0 Å². The molecule has 0 radical (unpaired) electrons. The first-order valence-electron chi connectivity index (χ1n) is 13.2. The Labute approximate surface area is 227 Å². The molecule has 1 unspecified atom stereocenters. The number of benzene rings is 2. The maximum absolute atomic E-state index is 13.8. The molecule has 1 saturated heterocycles. The van der Waals surface area contributed by atoms with Crippen LogP contribution >= 0.6 is 0 Å². The van der Waals surface area contributed by atoms with E-state index < -0.39 is 24.2 Å². The average Bonchev–Trinajstić information content (AvgIpc) is 3.02. The average molecular weight is 520 g/mol. The third kappa shape index (κ3) is 6.02. The van der Waals surface area contributed by atoms with Crippen LogP contribution in [0, 0.1) is 19.3 Å². The molecule has 8 heteroatoms. The van der Waals surface area contributed by atoms with Crippen molar-refractivity contribution in [2.24, 2.45) is 5.41 Å². The van der Waals surface area contributed by atoms with Crippen LogP contribution in [-0.4, -0.2) is 47.5 Å². The second-order valence-electron chi connectivity index (χ2n) is 12.3. The lowest BCUT2D eigenvalue weighted by Gasteiger charge is -2.39. The number of hydrazine groups is 1. The molecule has 1 aliphatic rings. The van der Waals surface area contributed by atoms with Crippen molar-refractivity contribution >= 4 is 30.7 Å². The second-order valence-corrected chi connectivity index (χ2v) is 12.3. The first kappa shape index (κ1) is 29.6. The van der Waals surface area contributed by atoms with Crippen LogP contribution in [0.2, 0.25) is 0 Å². The number of hydrogen-bond acceptors (Lipinski definition) is 5. The maximum Gasteiger partial charge on any atom is 0.495 e. The van der Waals surface area contributed by atoms with Gasteiger partial charge in [0, 0.05) is 16.7 Å². The summed E-state index contributed by atoms with van der Waals surface area (Å²) in [6.45, 7) is 19.7. The summed E-state index contributed by atoms with van der Waals surface area (Å²) in [6.07, 6.45) is 1.37. The van der Waals surface area contributed by atoms with Gasteiger partial charge < -0.3 is 9.31 Å². The SMILES string of the molecule is CCC(N(NC(=O)c1ccc(C=O)c(B2OC(C)(C)C(C)(C)O2)c1)C(=O)c1cc(C)cc(C)c1)C(C)(C)C. The van der Waals surface area contributed by atoms with E-state index in [4.69, 9.17) is 9.31 Å². The Balaban J connectivity index is 2.00. The highest BCUT2D eigenvalue weighted by Crippen LogP contribution is 2.36. The largest absolute Gasteiger partial charge is 0.495 e. The molecular weight excluding hydrogens is 479 g/mol. The van der Waals surface area contributed by atoms with E-state index in [0.717, 1.165) is 17.4 Å². The van der Waals surface area contributed by atoms with E-state index in [9.17, 15) is 14.4 Å². The van der Waals surface area contributed by atoms with Crippen molar-refractivity contribution in [1.29, 1.82) is 0 Å². The van der Waals surface area contributed by atoms with Gasteiger partial charge in [0.25, 0.3) is 11.8 Å². The Morgan fingerprint density at radius 2 is 1.53 bits per heavy atom. The summed E-state index contributed by atoms with van der Waals surface area (Å²) >= 11 is 0. The van der Waals surface area contributed by atoms with Crippen LogP contribution in [0.1, 0.15) is 104 Å². The molecule has 3 rings (SSSR count). The zero-order valence-corrected chi connectivity index (χ0v) is 24.4. The maximum atomic E-state index is 13.8. The van der Waals surface area contributed by atoms with Crippen molar-refractivity contribution in [2.45, 2.75) is 92.9 Å². The molecule has 1 N–H and O–H groups in total. The summed E-state index contributed by atoms with van der Waals surface area (Å²) < 4.78 is 12.3. The number of hydrogen-bond donors (Lipinski definition) is 1. The molecule has 0 saturated carbocycles. The van der Waals surface area contributed by atoms with Gasteiger partial charge >= 0.3 is 7.12 Å². The zero-order chi connectivity index (χ0) is 28.6. The number of rotatable bonds is 6. The minimum Gasteiger partial charge on any atom is -0.399 e. The molecule has 1 heterocycles. The van der Waals surface area contributed by atoms with Gasteiger partial charge in [0.05, 0.1) is 17.2 Å². The van der Waals surface area contributed by atoms with Gasteiger partial charge in [-0.05, 0) is 83.1 Å². The summed E-state index contributed by atoms with van der Waals surface area (Å²) in [5, 5.41) is 1.46. The molecule has 2 amide bonds. The van der Waals surface area contributed by atoms with Crippen LogP contribution in [0.25, 0.3) is 0 Å². The van der Waals surface area contributed by atoms with E-state index in [1.165, 1.54) is 5.01 Å². The lowest BCUT2D eigenvalue weighted by atomic mass is 9.75. The molecule has 2 aromatic rings. The zero-order valence-electron chi connectivity index (χ0n) is 24.4. The van der Waals surface area contributed by atoms with Crippen LogP contribution in [-0.2, 0) is 9.31 Å². The van der Waals surface area contributed by atoms with E-state index in [2.05, 4.69) is 5.43 Å². The number of carbonyl (C=O) groups excluding carboxylic acids is 3. The molecule has 0 aliphatic carbocycles. The number of nitrogens with one attached hydrogen (secondary N) is 1. The molecule has 2 aromatic carbocycles. The number of amides is 2. The van der Waals surface area contributed by atoms with Crippen molar-refractivity contribution in [3.8, 4) is 0 Å². The minimum absolute atomic E-state index is 0.267. The van der Waals surface area contributed by atoms with Gasteiger partial charge in [0.1, 0.15) is 6.29 Å². The second kappa shape index (κ2) is 10.7. The molecule has 1 fully saturated rings. The Kier molecular flexibility index (Phi) is 8.30. The number of aryl methyl sites for hydroxylation is 2. The third-order valence-electron chi connectivity index (χ3n) is 7.59. The first-order valence-corrected chi connectivity index (χ1v) is 13.2. The van der Waals surface area contributed by atoms with Crippen LogP contribution in [0.4, 0.5) is 0 Å². The highest BCUT2D eigenvalue weighted by Gasteiger charge is 2.52. The Bertz CT molecular complexity index is 1200. The van der Waals surface area contributed by atoms with E-state index in [0.29, 0.717) is 28.6 Å². The van der Waals surface area contributed by atoms with Crippen molar-refractivity contribution in [3.05, 3.63) is 64.2 Å². The smallest absolute Gasteiger partial charge is 0.399 e. The first-order chi connectivity index (χ1) is 17.5. The summed E-state index contributed by atoms with van der Waals surface area (Å²) in [5.41, 5.74) is 4.99. The van der Waals surface area contributed by atoms with Crippen LogP contribution in [0.3, 0.4) is 0 Å². The number of nitrogens with zero attached hydrogens (tertiary/aromatic N) is 1. The topological polar surface area (TPSA) is 84.9 Å². The van der Waals surface area contributed by atoms with Crippen LogP contribution in [0.15, 0.2) is 36.4 Å². The van der Waals surface area contributed by atoms with E-state index >= 15 is 0 Å². The Hall–Kier alpha value is -2.97. The minimum atomic E-state index is -0.807. The fourth-order valence-electron chi connectivity index (χ4n) is 4.86. The molecule has 0 aromatic heterocycles. The molecule has 204 valence electrons. The predicted molar refractivity (Wildman–Crippen MR) is 151 cm³/mol. The molecule has 38 heavy (non-hydrogen) atoms. The lowest BCUT2D eigenvalue weighted by molar-refractivity contribution is 0.00578. The number of aldehydes is 1. The van der Waals surface area contributed by atoms with E-state index in [1.807, 2.05) is 87.4 Å². The van der Waals surface area contributed by atoms with Gasteiger partial charge in [-0.15, -0.1) is 0 Å². The summed E-state index contributed by atoms with van der Waals surface area (Å²) in [7, 11) is -0.807. The van der Waals surface area contributed by atoms with Crippen LogP contribution < -0.4 is 10.9 Å². The van der Waals surface area contributed by atoms with Gasteiger partial charge in [-0.2, -0.15) is 0 Å². The van der Waals surface area contributed by atoms with Gasteiger partial charge in [0.15, 0.2) is 0 Å². The van der Waals surface area contributed by atoms with Crippen molar-refractivity contribution < 1.29 is 23.7 Å². The summed E-state index contributed by atoms with van der Waals surface area (Å²) in [5.74, 6) is -0.733. The quantitative estimate of drug-likeness (QED) is 0.328. The molecule has 7 nitrogen and oxygen atoms in total. The fraction of sp³-hybridized carbons (Fsp3) is 0.500. The van der Waals surface area contributed by atoms with Gasteiger partial charge in [-0.1, -0.05) is 51.0 Å². The highest BCUT2D eigenvalue weighted by atomic mass is 16.7. The third-order valence-corrected chi connectivity index (χ3v) is 7.59. The lowest BCUT2D eigenvalue weighted by Crippen LogP contribution is -2.56. The molecule has 0 spiro atoms. The molecule has 1 atom stereocenters. The van der Waals surface area contributed by atoms with Gasteiger partial charge in [0.2, 0.25) is 0 Å². The van der Waals surface area contributed by atoms with E-state index in [1.54, 1.807) is 18.2 Å². The Morgan fingerprint density at radius 1 is 0.974 bits per heavy atom. The van der Waals surface area contributed by atoms with Crippen molar-refractivity contribution in [3.63, 3.8) is 0 Å². The molecule has 0 bridgehead atoms. The van der Waals surface area contributed by atoms with Gasteiger partial charge in [-0.25, -0.2) is 5.01 Å². The summed E-state index contributed by atoms with van der Waals surface area (Å²) in [6, 6.07) is 10.2. The Morgan fingerprint density at radius 3 is 2.00 bits per heavy atom. The fourth-order valence-corrected chi connectivity index (χ4v) is 4.86. The normalized spacial score (nSPS) is 17.2. The number of carbonyl (C=O) groups is 3. The highest BCUT2D eigenvalue weighted by molar-refractivity contribution is 6.63.